The van der Waals surface area contributed by atoms with E-state index in [4.69, 9.17) is 23.2 Å². The first-order chi connectivity index (χ1) is 7.04. The molecule has 1 aromatic carbocycles. The molecule has 1 nitrogen and oxygen atoms in total. The molecule has 0 bridgehead atoms. The molecule has 0 aliphatic rings. The predicted octanol–water partition coefficient (Wildman–Crippen LogP) is 4.44. The molecule has 3 heteroatoms. The smallest absolute Gasteiger partial charge is 0.0595 e. The molecule has 0 fully saturated rings. The van der Waals surface area contributed by atoms with E-state index in [0.717, 1.165) is 6.42 Å². The maximum absolute atomic E-state index is 5.97. The summed E-state index contributed by atoms with van der Waals surface area (Å²) in [4.78, 5) is 0. The van der Waals surface area contributed by atoms with Crippen LogP contribution in [0.25, 0.3) is 0 Å². The lowest BCUT2D eigenvalue weighted by Gasteiger charge is -2.19. The zero-order valence-corrected chi connectivity index (χ0v) is 10.9. The highest BCUT2D eigenvalue weighted by Crippen LogP contribution is 2.25. The van der Waals surface area contributed by atoms with Gasteiger partial charge in [-0.2, -0.15) is 0 Å². The Kier molecular flexibility index (Phi) is 4.91. The van der Waals surface area contributed by atoms with Crippen LogP contribution in [0.1, 0.15) is 38.8 Å². The van der Waals surface area contributed by atoms with E-state index in [0.29, 0.717) is 22.1 Å². The lowest BCUT2D eigenvalue weighted by atomic mass is 10.1. The van der Waals surface area contributed by atoms with Crippen LogP contribution in [0, 0.1) is 0 Å². The van der Waals surface area contributed by atoms with Gasteiger partial charge in [-0.05, 0) is 38.0 Å². The van der Waals surface area contributed by atoms with Gasteiger partial charge in [-0.25, -0.2) is 0 Å². The first kappa shape index (κ1) is 12.8. The van der Waals surface area contributed by atoms with Gasteiger partial charge in [0.2, 0.25) is 0 Å². The Morgan fingerprint density at radius 2 is 1.87 bits per heavy atom. The van der Waals surface area contributed by atoms with Crippen molar-refractivity contribution in [3.8, 4) is 0 Å². The van der Waals surface area contributed by atoms with Gasteiger partial charge in [0.25, 0.3) is 0 Å². The van der Waals surface area contributed by atoms with Gasteiger partial charge in [-0.15, -0.1) is 0 Å². The van der Waals surface area contributed by atoms with Gasteiger partial charge in [0.05, 0.1) is 10.0 Å². The van der Waals surface area contributed by atoms with Crippen LogP contribution in [-0.2, 0) is 0 Å². The van der Waals surface area contributed by atoms with Crippen LogP contribution >= 0.6 is 23.2 Å². The van der Waals surface area contributed by atoms with E-state index in [1.165, 1.54) is 5.56 Å². The molecule has 1 aromatic rings. The molecule has 1 unspecified atom stereocenters. The lowest BCUT2D eigenvalue weighted by molar-refractivity contribution is 0.469. The SMILES string of the molecule is CCC(C)N[C@H](C)c1ccc(Cl)c(Cl)c1. The standard InChI is InChI=1S/C12H17Cl2N/c1-4-8(2)15-9(3)10-5-6-11(13)12(14)7-10/h5-9,15H,4H2,1-3H3/t8?,9-/m1/s1. The second kappa shape index (κ2) is 5.74. The highest BCUT2D eigenvalue weighted by Gasteiger charge is 2.09. The molecule has 0 aromatic heterocycles. The Morgan fingerprint density at radius 1 is 1.20 bits per heavy atom. The molecule has 84 valence electrons. The minimum atomic E-state index is 0.301. The molecule has 1 N–H and O–H groups in total. The number of nitrogens with one attached hydrogen (secondary N) is 1. The maximum Gasteiger partial charge on any atom is 0.0595 e. The summed E-state index contributed by atoms with van der Waals surface area (Å²) in [6, 6.07) is 6.58. The summed E-state index contributed by atoms with van der Waals surface area (Å²) in [6.45, 7) is 6.47. The fraction of sp³-hybridized carbons (Fsp3) is 0.500. The van der Waals surface area contributed by atoms with Crippen molar-refractivity contribution >= 4 is 23.2 Å². The highest BCUT2D eigenvalue weighted by atomic mass is 35.5. The van der Waals surface area contributed by atoms with E-state index in [-0.39, 0.29) is 0 Å². The summed E-state index contributed by atoms with van der Waals surface area (Å²) in [5.74, 6) is 0. The van der Waals surface area contributed by atoms with Crippen molar-refractivity contribution in [1.82, 2.24) is 5.32 Å². The van der Waals surface area contributed by atoms with Gasteiger partial charge < -0.3 is 5.32 Å². The first-order valence-corrected chi connectivity index (χ1v) is 6.01. The average Bonchev–Trinajstić information content (AvgIpc) is 2.21. The van der Waals surface area contributed by atoms with Crippen LogP contribution in [0.2, 0.25) is 10.0 Å². The summed E-state index contributed by atoms with van der Waals surface area (Å²) in [7, 11) is 0. The number of halogens is 2. The maximum atomic E-state index is 5.97. The number of hydrogen-bond donors (Lipinski definition) is 1. The summed E-state index contributed by atoms with van der Waals surface area (Å²) in [5, 5.41) is 4.72. The van der Waals surface area contributed by atoms with Gasteiger partial charge in [0.1, 0.15) is 0 Å². The zero-order chi connectivity index (χ0) is 11.4. The average molecular weight is 246 g/mol. The fourth-order valence-corrected chi connectivity index (χ4v) is 1.73. The van der Waals surface area contributed by atoms with Crippen molar-refractivity contribution in [1.29, 1.82) is 0 Å². The predicted molar refractivity (Wildman–Crippen MR) is 67.8 cm³/mol. The van der Waals surface area contributed by atoms with Crippen molar-refractivity contribution in [3.05, 3.63) is 33.8 Å². The lowest BCUT2D eigenvalue weighted by Crippen LogP contribution is -2.28. The van der Waals surface area contributed by atoms with E-state index in [1.54, 1.807) is 0 Å². The quantitative estimate of drug-likeness (QED) is 0.827. The largest absolute Gasteiger partial charge is 0.308 e. The van der Waals surface area contributed by atoms with Gasteiger partial charge in [0, 0.05) is 12.1 Å². The second-order valence-corrected chi connectivity index (χ2v) is 4.69. The molecule has 2 atom stereocenters. The topological polar surface area (TPSA) is 12.0 Å². The Balaban J connectivity index is 2.73. The Labute approximate surface area is 102 Å². The van der Waals surface area contributed by atoms with Gasteiger partial charge >= 0.3 is 0 Å². The Bertz CT molecular complexity index is 325. The van der Waals surface area contributed by atoms with Crippen LogP contribution in [0.15, 0.2) is 18.2 Å². The zero-order valence-electron chi connectivity index (χ0n) is 9.35. The molecule has 0 aliphatic heterocycles. The Morgan fingerprint density at radius 3 is 2.40 bits per heavy atom. The van der Waals surface area contributed by atoms with Crippen LogP contribution in [0.4, 0.5) is 0 Å². The van der Waals surface area contributed by atoms with E-state index in [1.807, 2.05) is 18.2 Å². The molecule has 0 amide bonds. The molecular weight excluding hydrogens is 229 g/mol. The van der Waals surface area contributed by atoms with Gasteiger partial charge in [0.15, 0.2) is 0 Å². The van der Waals surface area contributed by atoms with Crippen molar-refractivity contribution in [2.45, 2.75) is 39.3 Å². The van der Waals surface area contributed by atoms with Crippen LogP contribution < -0.4 is 5.32 Å². The van der Waals surface area contributed by atoms with E-state index in [9.17, 15) is 0 Å². The minimum Gasteiger partial charge on any atom is -0.308 e. The van der Waals surface area contributed by atoms with E-state index >= 15 is 0 Å². The van der Waals surface area contributed by atoms with Crippen molar-refractivity contribution in [3.63, 3.8) is 0 Å². The van der Waals surface area contributed by atoms with E-state index in [2.05, 4.69) is 26.1 Å². The van der Waals surface area contributed by atoms with Crippen molar-refractivity contribution in [2.75, 3.05) is 0 Å². The van der Waals surface area contributed by atoms with Crippen LogP contribution in [0.3, 0.4) is 0 Å². The summed E-state index contributed by atoms with van der Waals surface area (Å²) in [6.07, 6.45) is 1.12. The van der Waals surface area contributed by atoms with Crippen molar-refractivity contribution < 1.29 is 0 Å². The third kappa shape index (κ3) is 3.67. The summed E-state index contributed by atoms with van der Waals surface area (Å²) >= 11 is 11.8. The molecule has 0 spiro atoms. The summed E-state index contributed by atoms with van der Waals surface area (Å²) in [5.41, 5.74) is 1.17. The van der Waals surface area contributed by atoms with Gasteiger partial charge in [-0.1, -0.05) is 36.2 Å². The van der Waals surface area contributed by atoms with Crippen molar-refractivity contribution in [2.24, 2.45) is 0 Å². The Hall–Kier alpha value is -0.240. The highest BCUT2D eigenvalue weighted by molar-refractivity contribution is 6.42. The molecule has 0 radical (unpaired) electrons. The molecule has 15 heavy (non-hydrogen) atoms. The fourth-order valence-electron chi connectivity index (χ4n) is 1.42. The second-order valence-electron chi connectivity index (χ2n) is 3.87. The first-order valence-electron chi connectivity index (χ1n) is 5.25. The monoisotopic (exact) mass is 245 g/mol. The number of hydrogen-bond acceptors (Lipinski definition) is 1. The van der Waals surface area contributed by atoms with Gasteiger partial charge in [-0.3, -0.25) is 0 Å². The van der Waals surface area contributed by atoms with Crippen LogP contribution in [-0.4, -0.2) is 6.04 Å². The number of rotatable bonds is 4. The molecule has 0 saturated carbocycles. The third-order valence-corrected chi connectivity index (χ3v) is 3.33. The molecular formula is C12H17Cl2N. The molecule has 0 heterocycles. The third-order valence-electron chi connectivity index (χ3n) is 2.59. The van der Waals surface area contributed by atoms with E-state index < -0.39 is 0 Å². The molecule has 0 aliphatic carbocycles. The summed E-state index contributed by atoms with van der Waals surface area (Å²) < 4.78 is 0. The number of benzene rings is 1. The minimum absolute atomic E-state index is 0.301. The normalized spacial score (nSPS) is 15.0. The van der Waals surface area contributed by atoms with Crippen LogP contribution in [0.5, 0.6) is 0 Å². The molecule has 0 saturated heterocycles. The molecule has 1 rings (SSSR count).